The highest BCUT2D eigenvalue weighted by atomic mass is 35.5. The monoisotopic (exact) mass is 263 g/mol. The lowest BCUT2D eigenvalue weighted by Gasteiger charge is -2.13. The van der Waals surface area contributed by atoms with Gasteiger partial charge in [0.05, 0.1) is 0 Å². The number of hydrogen-bond acceptors (Lipinski definition) is 4. The maximum absolute atomic E-state index is 5.66. The number of aromatic nitrogens is 2. The third kappa shape index (κ3) is 2.20. The fraction of sp³-hybridized carbons (Fsp3) is 0.385. The highest BCUT2D eigenvalue weighted by Crippen LogP contribution is 2.29. The molecule has 4 nitrogen and oxygen atoms in total. The first kappa shape index (κ1) is 11.5. The standard InChI is InChI=1S/C13H14ClN3O/c14-8-12-15-16-13(18-12)17-7-6-11(9-17)10-4-2-1-3-5-10/h1-5,11H,6-9H2. The van der Waals surface area contributed by atoms with Gasteiger partial charge >= 0.3 is 6.01 Å². The van der Waals surface area contributed by atoms with E-state index in [-0.39, 0.29) is 5.88 Å². The number of alkyl halides is 1. The normalized spacial score (nSPS) is 19.4. The summed E-state index contributed by atoms with van der Waals surface area (Å²) in [5.74, 6) is 1.29. The summed E-state index contributed by atoms with van der Waals surface area (Å²) in [6.45, 7) is 1.87. The van der Waals surface area contributed by atoms with Crippen LogP contribution in [0, 0.1) is 0 Å². The van der Waals surface area contributed by atoms with Crippen LogP contribution in [-0.2, 0) is 5.88 Å². The third-order valence-corrected chi connectivity index (χ3v) is 3.53. The summed E-state index contributed by atoms with van der Waals surface area (Å²) in [6, 6.07) is 11.1. The SMILES string of the molecule is ClCc1nnc(N2CCC(c3ccccc3)C2)o1. The summed E-state index contributed by atoms with van der Waals surface area (Å²) in [5, 5.41) is 7.91. The average Bonchev–Trinajstić information content (AvgIpc) is 3.08. The van der Waals surface area contributed by atoms with Gasteiger partial charge in [-0.25, -0.2) is 0 Å². The summed E-state index contributed by atoms with van der Waals surface area (Å²) in [5.41, 5.74) is 1.37. The molecule has 18 heavy (non-hydrogen) atoms. The Morgan fingerprint density at radius 2 is 2.11 bits per heavy atom. The Balaban J connectivity index is 1.72. The number of anilines is 1. The first-order valence-electron chi connectivity index (χ1n) is 6.05. The van der Waals surface area contributed by atoms with E-state index in [1.807, 2.05) is 6.07 Å². The molecular weight excluding hydrogens is 250 g/mol. The second kappa shape index (κ2) is 4.98. The zero-order valence-corrected chi connectivity index (χ0v) is 10.7. The first-order chi connectivity index (χ1) is 8.86. The molecule has 0 amide bonds. The molecule has 3 rings (SSSR count). The molecule has 0 saturated carbocycles. The predicted octanol–water partition coefficient (Wildman–Crippen LogP) is 2.80. The van der Waals surface area contributed by atoms with Crippen molar-refractivity contribution < 1.29 is 4.42 Å². The minimum absolute atomic E-state index is 0.267. The van der Waals surface area contributed by atoms with Gasteiger partial charge in [-0.3, -0.25) is 0 Å². The fourth-order valence-electron chi connectivity index (χ4n) is 2.36. The summed E-state index contributed by atoms with van der Waals surface area (Å²) in [6.07, 6.45) is 1.11. The van der Waals surface area contributed by atoms with E-state index in [0.717, 1.165) is 19.5 Å². The molecule has 1 saturated heterocycles. The minimum Gasteiger partial charge on any atom is -0.407 e. The zero-order valence-electron chi connectivity index (χ0n) is 9.92. The topological polar surface area (TPSA) is 42.2 Å². The lowest BCUT2D eigenvalue weighted by atomic mass is 9.99. The first-order valence-corrected chi connectivity index (χ1v) is 6.58. The van der Waals surface area contributed by atoms with E-state index in [0.29, 0.717) is 17.8 Å². The van der Waals surface area contributed by atoms with Gasteiger partial charge in [0.1, 0.15) is 5.88 Å². The summed E-state index contributed by atoms with van der Waals surface area (Å²) < 4.78 is 5.47. The largest absolute Gasteiger partial charge is 0.407 e. The highest BCUT2D eigenvalue weighted by Gasteiger charge is 2.27. The van der Waals surface area contributed by atoms with E-state index >= 15 is 0 Å². The van der Waals surface area contributed by atoms with Crippen LogP contribution in [0.15, 0.2) is 34.7 Å². The summed E-state index contributed by atoms with van der Waals surface area (Å²) in [4.78, 5) is 2.13. The maximum Gasteiger partial charge on any atom is 0.318 e. The van der Waals surface area contributed by atoms with E-state index in [1.54, 1.807) is 0 Å². The van der Waals surface area contributed by atoms with Crippen molar-refractivity contribution >= 4 is 17.6 Å². The van der Waals surface area contributed by atoms with Gasteiger partial charge < -0.3 is 9.32 Å². The van der Waals surface area contributed by atoms with Crippen molar-refractivity contribution in [1.29, 1.82) is 0 Å². The van der Waals surface area contributed by atoms with Crippen molar-refractivity contribution in [3.8, 4) is 0 Å². The molecule has 1 aliphatic heterocycles. The quantitative estimate of drug-likeness (QED) is 0.799. The van der Waals surface area contributed by atoms with Crippen LogP contribution in [0.2, 0.25) is 0 Å². The average molecular weight is 264 g/mol. The molecule has 0 spiro atoms. The molecule has 0 aliphatic carbocycles. The fourth-order valence-corrected chi connectivity index (χ4v) is 2.47. The Morgan fingerprint density at radius 3 is 2.83 bits per heavy atom. The van der Waals surface area contributed by atoms with Crippen LogP contribution in [0.1, 0.15) is 23.8 Å². The Morgan fingerprint density at radius 1 is 1.28 bits per heavy atom. The highest BCUT2D eigenvalue weighted by molar-refractivity contribution is 6.16. The summed E-state index contributed by atoms with van der Waals surface area (Å²) >= 11 is 5.66. The van der Waals surface area contributed by atoms with Gasteiger partial charge in [-0.1, -0.05) is 35.4 Å². The molecular formula is C13H14ClN3O. The van der Waals surface area contributed by atoms with Crippen LogP contribution >= 0.6 is 11.6 Å². The van der Waals surface area contributed by atoms with Gasteiger partial charge in [0, 0.05) is 19.0 Å². The lowest BCUT2D eigenvalue weighted by molar-refractivity contribution is 0.507. The Labute approximate surface area is 111 Å². The molecule has 1 aliphatic rings. The number of halogens is 1. The van der Waals surface area contributed by atoms with Crippen LogP contribution in [0.4, 0.5) is 6.01 Å². The molecule has 0 bridgehead atoms. The molecule has 5 heteroatoms. The van der Waals surface area contributed by atoms with Crippen LogP contribution < -0.4 is 4.90 Å². The van der Waals surface area contributed by atoms with Crippen molar-refractivity contribution in [3.63, 3.8) is 0 Å². The van der Waals surface area contributed by atoms with E-state index in [1.165, 1.54) is 5.56 Å². The van der Waals surface area contributed by atoms with Crippen molar-refractivity contribution in [1.82, 2.24) is 10.2 Å². The number of nitrogens with zero attached hydrogens (tertiary/aromatic N) is 3. The lowest BCUT2D eigenvalue weighted by Crippen LogP contribution is -2.19. The van der Waals surface area contributed by atoms with E-state index in [9.17, 15) is 0 Å². The smallest absolute Gasteiger partial charge is 0.318 e. The molecule has 1 aromatic carbocycles. The second-order valence-electron chi connectivity index (χ2n) is 4.45. The molecule has 1 fully saturated rings. The molecule has 1 atom stereocenters. The van der Waals surface area contributed by atoms with Crippen LogP contribution in [0.3, 0.4) is 0 Å². The van der Waals surface area contributed by atoms with Gasteiger partial charge in [0.15, 0.2) is 0 Å². The summed E-state index contributed by atoms with van der Waals surface area (Å²) in [7, 11) is 0. The zero-order chi connectivity index (χ0) is 12.4. The van der Waals surface area contributed by atoms with Crippen LogP contribution in [0.5, 0.6) is 0 Å². The van der Waals surface area contributed by atoms with Gasteiger partial charge in [-0.15, -0.1) is 16.7 Å². The molecule has 94 valence electrons. The van der Waals surface area contributed by atoms with Crippen LogP contribution in [0.25, 0.3) is 0 Å². The predicted molar refractivity (Wildman–Crippen MR) is 69.9 cm³/mol. The Hall–Kier alpha value is -1.55. The number of hydrogen-bond donors (Lipinski definition) is 0. The van der Waals surface area contributed by atoms with Gasteiger partial charge in [0.25, 0.3) is 0 Å². The maximum atomic E-state index is 5.66. The molecule has 0 N–H and O–H groups in total. The van der Waals surface area contributed by atoms with E-state index < -0.39 is 0 Å². The third-order valence-electron chi connectivity index (χ3n) is 3.30. The molecule has 0 radical (unpaired) electrons. The molecule has 1 unspecified atom stereocenters. The van der Waals surface area contributed by atoms with Crippen molar-refractivity contribution in [2.45, 2.75) is 18.2 Å². The second-order valence-corrected chi connectivity index (χ2v) is 4.72. The van der Waals surface area contributed by atoms with E-state index in [2.05, 4.69) is 39.4 Å². The van der Waals surface area contributed by atoms with Gasteiger partial charge in [-0.2, -0.15) is 0 Å². The van der Waals surface area contributed by atoms with Crippen molar-refractivity contribution in [3.05, 3.63) is 41.8 Å². The van der Waals surface area contributed by atoms with Crippen molar-refractivity contribution in [2.75, 3.05) is 18.0 Å². The molecule has 2 aromatic rings. The Kier molecular flexibility index (Phi) is 3.19. The molecule has 1 aromatic heterocycles. The number of benzene rings is 1. The minimum atomic E-state index is 0.267. The van der Waals surface area contributed by atoms with Gasteiger partial charge in [-0.05, 0) is 12.0 Å². The van der Waals surface area contributed by atoms with Crippen molar-refractivity contribution in [2.24, 2.45) is 0 Å². The van der Waals surface area contributed by atoms with E-state index in [4.69, 9.17) is 16.0 Å². The number of rotatable bonds is 3. The van der Waals surface area contributed by atoms with Crippen LogP contribution in [-0.4, -0.2) is 23.3 Å². The van der Waals surface area contributed by atoms with Gasteiger partial charge in [0.2, 0.25) is 5.89 Å². The molecule has 2 heterocycles. The Bertz CT molecular complexity index is 514.